The van der Waals surface area contributed by atoms with Crippen LogP contribution >= 0.6 is 0 Å². The Morgan fingerprint density at radius 2 is 1.32 bits per heavy atom. The average molecular weight is 248 g/mol. The number of fused-ring (bicyclic) bond motifs is 2. The van der Waals surface area contributed by atoms with E-state index in [1.807, 2.05) is 0 Å². The zero-order valence-electron chi connectivity index (χ0n) is 12.0. The van der Waals surface area contributed by atoms with Crippen LogP contribution in [0.15, 0.2) is 42.5 Å². The molecule has 0 unspecified atom stereocenters. The number of hydrogen-bond acceptors (Lipinski definition) is 0. The van der Waals surface area contributed by atoms with Crippen LogP contribution in [0.1, 0.15) is 30.0 Å². The molecule has 0 atom stereocenters. The second-order valence-electron chi connectivity index (χ2n) is 5.43. The van der Waals surface area contributed by atoms with Gasteiger partial charge in [0.1, 0.15) is 0 Å². The molecule has 0 heteroatoms. The smallest absolute Gasteiger partial charge is 0.0143 e. The highest BCUT2D eigenvalue weighted by molar-refractivity contribution is 6.05. The molecule has 0 spiro atoms. The van der Waals surface area contributed by atoms with E-state index in [-0.39, 0.29) is 0 Å². The van der Waals surface area contributed by atoms with Crippen LogP contribution in [0.25, 0.3) is 21.5 Å². The van der Waals surface area contributed by atoms with Crippen molar-refractivity contribution < 1.29 is 0 Å². The summed E-state index contributed by atoms with van der Waals surface area (Å²) < 4.78 is 0. The van der Waals surface area contributed by atoms with Crippen molar-refractivity contribution >= 4 is 21.5 Å². The molecule has 0 bridgehead atoms. The highest BCUT2D eigenvalue weighted by Gasteiger charge is 2.08. The van der Waals surface area contributed by atoms with E-state index in [2.05, 4.69) is 63.2 Å². The highest BCUT2D eigenvalue weighted by atomic mass is 14.1. The van der Waals surface area contributed by atoms with Gasteiger partial charge >= 0.3 is 0 Å². The Bertz CT molecular complexity index is 751. The third-order valence-corrected chi connectivity index (χ3v) is 4.17. The molecule has 3 aromatic carbocycles. The molecule has 96 valence electrons. The molecule has 0 N–H and O–H groups in total. The standard InChI is InChI=1S/C19H20/c1-4-7-15-10-11-18-13(2)16-8-5-6-9-17(16)14(3)19(18)12-15/h5-6,8-12H,4,7H2,1-3H3. The lowest BCUT2D eigenvalue weighted by atomic mass is 9.91. The molecule has 0 fully saturated rings. The van der Waals surface area contributed by atoms with Crippen LogP contribution in [0.3, 0.4) is 0 Å². The van der Waals surface area contributed by atoms with Gasteiger partial charge in [-0.3, -0.25) is 0 Å². The van der Waals surface area contributed by atoms with E-state index in [0.29, 0.717) is 0 Å². The summed E-state index contributed by atoms with van der Waals surface area (Å²) in [5.74, 6) is 0. The minimum Gasteiger partial charge on any atom is -0.0651 e. The van der Waals surface area contributed by atoms with Crippen LogP contribution in [0.2, 0.25) is 0 Å². The van der Waals surface area contributed by atoms with Gasteiger partial charge in [0.15, 0.2) is 0 Å². The van der Waals surface area contributed by atoms with Crippen LogP contribution in [0.5, 0.6) is 0 Å². The maximum Gasteiger partial charge on any atom is -0.0143 e. The second kappa shape index (κ2) is 4.70. The van der Waals surface area contributed by atoms with Gasteiger partial charge in [0.25, 0.3) is 0 Å². The first-order valence-electron chi connectivity index (χ1n) is 7.13. The molecular formula is C19H20. The van der Waals surface area contributed by atoms with Gasteiger partial charge in [-0.15, -0.1) is 0 Å². The van der Waals surface area contributed by atoms with Gasteiger partial charge in [-0.05, 0) is 58.5 Å². The normalized spacial score (nSPS) is 11.3. The van der Waals surface area contributed by atoms with E-state index in [1.54, 1.807) is 0 Å². The molecule has 3 aromatic rings. The first-order valence-corrected chi connectivity index (χ1v) is 7.13. The summed E-state index contributed by atoms with van der Waals surface area (Å²) >= 11 is 0. The first-order chi connectivity index (χ1) is 9.22. The number of aryl methyl sites for hydroxylation is 3. The molecule has 0 aliphatic heterocycles. The third kappa shape index (κ3) is 1.92. The molecule has 0 nitrogen and oxygen atoms in total. The Labute approximate surface area is 115 Å². The minimum absolute atomic E-state index is 1.17. The predicted octanol–water partition coefficient (Wildman–Crippen LogP) is 5.56. The van der Waals surface area contributed by atoms with Crippen molar-refractivity contribution in [1.82, 2.24) is 0 Å². The van der Waals surface area contributed by atoms with Crippen LogP contribution in [0.4, 0.5) is 0 Å². The van der Waals surface area contributed by atoms with Gasteiger partial charge in [-0.25, -0.2) is 0 Å². The third-order valence-electron chi connectivity index (χ3n) is 4.17. The quantitative estimate of drug-likeness (QED) is 0.521. The molecule has 0 aliphatic rings. The van der Waals surface area contributed by atoms with Crippen LogP contribution < -0.4 is 0 Å². The van der Waals surface area contributed by atoms with Gasteiger partial charge in [-0.1, -0.05) is 55.8 Å². The van der Waals surface area contributed by atoms with E-state index >= 15 is 0 Å². The minimum atomic E-state index is 1.17. The molecule has 0 aromatic heterocycles. The SMILES string of the molecule is CCCc1ccc2c(C)c3ccccc3c(C)c2c1. The van der Waals surface area contributed by atoms with Crippen LogP contribution in [0, 0.1) is 13.8 Å². The Balaban J connectivity index is 2.42. The van der Waals surface area contributed by atoms with Crippen molar-refractivity contribution in [3.63, 3.8) is 0 Å². The van der Waals surface area contributed by atoms with Crippen molar-refractivity contribution in [3.8, 4) is 0 Å². The summed E-state index contributed by atoms with van der Waals surface area (Å²) in [7, 11) is 0. The molecule has 0 amide bonds. The first kappa shape index (κ1) is 12.2. The van der Waals surface area contributed by atoms with E-state index in [1.165, 1.54) is 51.1 Å². The number of rotatable bonds is 2. The largest absolute Gasteiger partial charge is 0.0651 e. The van der Waals surface area contributed by atoms with Gasteiger partial charge < -0.3 is 0 Å². The molecule has 3 rings (SSSR count). The maximum absolute atomic E-state index is 2.38. The lowest BCUT2D eigenvalue weighted by molar-refractivity contribution is 0.923. The van der Waals surface area contributed by atoms with Gasteiger partial charge in [0.2, 0.25) is 0 Å². The Morgan fingerprint density at radius 1 is 0.737 bits per heavy atom. The Morgan fingerprint density at radius 3 is 1.95 bits per heavy atom. The summed E-state index contributed by atoms with van der Waals surface area (Å²) in [6.07, 6.45) is 2.37. The van der Waals surface area contributed by atoms with Crippen molar-refractivity contribution in [2.75, 3.05) is 0 Å². The van der Waals surface area contributed by atoms with Crippen LogP contribution in [-0.2, 0) is 6.42 Å². The lowest BCUT2D eigenvalue weighted by Crippen LogP contribution is -1.90. The summed E-state index contributed by atoms with van der Waals surface area (Å²) in [5.41, 5.74) is 4.26. The number of hydrogen-bond donors (Lipinski definition) is 0. The Kier molecular flexibility index (Phi) is 3.02. The van der Waals surface area contributed by atoms with E-state index < -0.39 is 0 Å². The summed E-state index contributed by atoms with van der Waals surface area (Å²) in [6.45, 7) is 6.73. The zero-order valence-corrected chi connectivity index (χ0v) is 12.0. The lowest BCUT2D eigenvalue weighted by Gasteiger charge is -2.13. The predicted molar refractivity (Wildman–Crippen MR) is 84.9 cm³/mol. The topological polar surface area (TPSA) is 0 Å². The monoisotopic (exact) mass is 248 g/mol. The van der Waals surface area contributed by atoms with Gasteiger partial charge in [-0.2, -0.15) is 0 Å². The van der Waals surface area contributed by atoms with Gasteiger partial charge in [0, 0.05) is 0 Å². The highest BCUT2D eigenvalue weighted by Crippen LogP contribution is 2.32. The maximum atomic E-state index is 2.38. The fourth-order valence-electron chi connectivity index (χ4n) is 3.10. The fourth-order valence-corrected chi connectivity index (χ4v) is 3.10. The molecule has 0 aliphatic carbocycles. The summed E-state index contributed by atoms with van der Waals surface area (Å²) in [5, 5.41) is 5.59. The zero-order chi connectivity index (χ0) is 13.4. The van der Waals surface area contributed by atoms with E-state index in [9.17, 15) is 0 Å². The molecular weight excluding hydrogens is 228 g/mol. The molecule has 0 heterocycles. The average Bonchev–Trinajstić information content (AvgIpc) is 2.45. The molecule has 0 saturated carbocycles. The van der Waals surface area contributed by atoms with E-state index in [4.69, 9.17) is 0 Å². The van der Waals surface area contributed by atoms with Crippen molar-refractivity contribution in [1.29, 1.82) is 0 Å². The van der Waals surface area contributed by atoms with Crippen molar-refractivity contribution in [2.45, 2.75) is 33.6 Å². The van der Waals surface area contributed by atoms with Gasteiger partial charge in [0.05, 0.1) is 0 Å². The Hall–Kier alpha value is -1.82. The van der Waals surface area contributed by atoms with Crippen LogP contribution in [-0.4, -0.2) is 0 Å². The van der Waals surface area contributed by atoms with E-state index in [0.717, 1.165) is 0 Å². The molecule has 19 heavy (non-hydrogen) atoms. The second-order valence-corrected chi connectivity index (χ2v) is 5.43. The van der Waals surface area contributed by atoms with Crippen molar-refractivity contribution in [2.24, 2.45) is 0 Å². The number of benzene rings is 3. The fraction of sp³-hybridized carbons (Fsp3) is 0.263. The summed E-state index contributed by atoms with van der Waals surface area (Å²) in [4.78, 5) is 0. The molecule has 0 saturated heterocycles. The van der Waals surface area contributed by atoms with Crippen molar-refractivity contribution in [3.05, 3.63) is 59.2 Å². The molecule has 0 radical (unpaired) electrons. The summed E-state index contributed by atoms with van der Waals surface area (Å²) in [6, 6.07) is 15.7.